The molecule has 0 bridgehead atoms. The van der Waals surface area contributed by atoms with Gasteiger partial charge in [0.1, 0.15) is 11.4 Å². The summed E-state index contributed by atoms with van der Waals surface area (Å²) in [4.78, 5) is 10.4. The average Bonchev–Trinajstić information content (AvgIpc) is 3.22. The lowest BCUT2D eigenvalue weighted by atomic mass is 9.75. The predicted octanol–water partition coefficient (Wildman–Crippen LogP) is 10.8. The fraction of sp³-hybridized carbons (Fsp3) is 0.425. The first-order valence-corrected chi connectivity index (χ1v) is 16.9. The van der Waals surface area contributed by atoms with Gasteiger partial charge in [-0.05, 0) is 85.8 Å². The number of fused-ring (bicyclic) bond motifs is 6. The maximum atomic E-state index is 7.33. The van der Waals surface area contributed by atoms with Crippen LogP contribution in [0, 0.1) is 0 Å². The molecule has 4 heteroatoms. The van der Waals surface area contributed by atoms with E-state index < -0.39 is 5.72 Å². The number of hydrogen-bond acceptors (Lipinski definition) is 4. The summed E-state index contributed by atoms with van der Waals surface area (Å²) in [6, 6.07) is 22.3. The Labute approximate surface area is 264 Å². The highest BCUT2D eigenvalue weighted by Crippen LogP contribution is 2.57. The van der Waals surface area contributed by atoms with E-state index in [0.717, 1.165) is 48.4 Å². The van der Waals surface area contributed by atoms with E-state index in [2.05, 4.69) is 118 Å². The fourth-order valence-corrected chi connectivity index (χ4v) is 7.55. The molecule has 0 radical (unpaired) electrons. The Morgan fingerprint density at radius 3 is 2.43 bits per heavy atom. The molecule has 4 nitrogen and oxygen atoms in total. The van der Waals surface area contributed by atoms with Gasteiger partial charge in [0.15, 0.2) is 0 Å². The highest BCUT2D eigenvalue weighted by Gasteiger charge is 2.60. The summed E-state index contributed by atoms with van der Waals surface area (Å²) in [5.41, 5.74) is 4.84. The minimum Gasteiger partial charge on any atom is -0.459 e. The van der Waals surface area contributed by atoms with Gasteiger partial charge in [0.25, 0.3) is 0 Å². The smallest absolute Gasteiger partial charge is 0.228 e. The molecule has 2 aliphatic rings. The molecule has 44 heavy (non-hydrogen) atoms. The van der Waals surface area contributed by atoms with Gasteiger partial charge in [-0.3, -0.25) is 4.99 Å². The molecule has 1 atom stereocenters. The first-order valence-electron chi connectivity index (χ1n) is 16.9. The van der Waals surface area contributed by atoms with Gasteiger partial charge in [0, 0.05) is 41.8 Å². The maximum absolute atomic E-state index is 7.33. The second-order valence-electron chi connectivity index (χ2n) is 13.1. The van der Waals surface area contributed by atoms with Gasteiger partial charge >= 0.3 is 0 Å². The van der Waals surface area contributed by atoms with Crippen molar-refractivity contribution in [2.75, 3.05) is 29.4 Å². The molecule has 230 valence electrons. The first kappa shape index (κ1) is 30.2. The van der Waals surface area contributed by atoms with Crippen LogP contribution in [-0.2, 0) is 5.41 Å². The van der Waals surface area contributed by atoms with Crippen molar-refractivity contribution in [3.05, 3.63) is 78.4 Å². The quantitative estimate of drug-likeness (QED) is 0.154. The molecule has 2 heterocycles. The molecule has 0 saturated heterocycles. The van der Waals surface area contributed by atoms with Gasteiger partial charge in [0.2, 0.25) is 5.72 Å². The number of hydrogen-bond donors (Lipinski definition) is 0. The van der Waals surface area contributed by atoms with Crippen molar-refractivity contribution in [2.45, 2.75) is 90.7 Å². The largest absolute Gasteiger partial charge is 0.459 e. The zero-order valence-corrected chi connectivity index (χ0v) is 27.5. The Morgan fingerprint density at radius 1 is 0.864 bits per heavy atom. The van der Waals surface area contributed by atoms with Crippen LogP contribution in [0.5, 0.6) is 5.75 Å². The highest BCUT2D eigenvalue weighted by atomic mass is 16.5. The third kappa shape index (κ3) is 4.87. The van der Waals surface area contributed by atoms with Crippen LogP contribution in [0.4, 0.5) is 17.1 Å². The number of nitrogens with zero attached hydrogens (tertiary/aromatic N) is 3. The topological polar surface area (TPSA) is 28.1 Å². The molecule has 4 aromatic rings. The normalized spacial score (nSPS) is 18.1. The standard InChI is InChI=1S/C40H49N3O/c1-7-11-13-14-17-25-43-34-22-20-30-18-15-16-19-31(30)37(34)39(5,6)40(43)28-41-38-33-26-29(9-3)27-35(42(10-4)24-12-8-2)32(33)21-23-36(38)44-40/h9,15-16,18-23,26-28H,3,7-8,10-14,17,24-25H2,1-2,4-6H3. The van der Waals surface area contributed by atoms with Gasteiger partial charge in [-0.2, -0.15) is 0 Å². The summed E-state index contributed by atoms with van der Waals surface area (Å²) in [6.07, 6.45) is 12.6. The van der Waals surface area contributed by atoms with Gasteiger partial charge in [0.05, 0.1) is 11.6 Å². The van der Waals surface area contributed by atoms with E-state index in [0.29, 0.717) is 0 Å². The van der Waals surface area contributed by atoms with Crippen molar-refractivity contribution in [1.82, 2.24) is 0 Å². The third-order valence-corrected chi connectivity index (χ3v) is 10.0. The second kappa shape index (κ2) is 12.3. The zero-order chi connectivity index (χ0) is 30.9. The van der Waals surface area contributed by atoms with Crippen molar-refractivity contribution in [3.63, 3.8) is 0 Å². The average molecular weight is 588 g/mol. The van der Waals surface area contributed by atoms with E-state index in [9.17, 15) is 0 Å². The summed E-state index contributed by atoms with van der Waals surface area (Å²) in [5, 5.41) is 4.92. The molecule has 0 amide bonds. The molecule has 0 N–H and O–H groups in total. The van der Waals surface area contributed by atoms with Crippen molar-refractivity contribution < 1.29 is 4.74 Å². The predicted molar refractivity (Wildman–Crippen MR) is 191 cm³/mol. The lowest BCUT2D eigenvalue weighted by Crippen LogP contribution is -2.62. The van der Waals surface area contributed by atoms with E-state index in [1.165, 1.54) is 71.6 Å². The maximum Gasteiger partial charge on any atom is 0.228 e. The van der Waals surface area contributed by atoms with Crippen molar-refractivity contribution in [2.24, 2.45) is 4.99 Å². The molecule has 0 aliphatic carbocycles. The lowest BCUT2D eigenvalue weighted by molar-refractivity contribution is 0.0779. The molecule has 0 aromatic heterocycles. The molecule has 6 rings (SSSR count). The van der Waals surface area contributed by atoms with Crippen LogP contribution in [0.1, 0.15) is 90.7 Å². The summed E-state index contributed by atoms with van der Waals surface area (Å²) >= 11 is 0. The number of rotatable bonds is 12. The Bertz CT molecular complexity index is 1700. The van der Waals surface area contributed by atoms with Crippen molar-refractivity contribution in [1.29, 1.82) is 0 Å². The van der Waals surface area contributed by atoms with Crippen LogP contribution in [0.2, 0.25) is 0 Å². The highest BCUT2D eigenvalue weighted by molar-refractivity contribution is 6.07. The number of unbranched alkanes of at least 4 members (excludes halogenated alkanes) is 5. The minimum atomic E-state index is -0.722. The Morgan fingerprint density at radius 2 is 1.66 bits per heavy atom. The van der Waals surface area contributed by atoms with Crippen LogP contribution in [0.15, 0.2) is 72.2 Å². The molecule has 4 aromatic carbocycles. The summed E-state index contributed by atoms with van der Waals surface area (Å²) in [6.45, 7) is 18.5. The number of aliphatic imine (C=N–C) groups is 1. The number of anilines is 2. The van der Waals surface area contributed by atoms with Gasteiger partial charge in [-0.25, -0.2) is 0 Å². The summed E-state index contributed by atoms with van der Waals surface area (Å²) in [7, 11) is 0. The van der Waals surface area contributed by atoms with E-state index >= 15 is 0 Å². The van der Waals surface area contributed by atoms with Gasteiger partial charge in [-0.15, -0.1) is 0 Å². The summed E-state index contributed by atoms with van der Waals surface area (Å²) < 4.78 is 7.33. The van der Waals surface area contributed by atoms with E-state index in [1.807, 2.05) is 6.08 Å². The molecule has 0 fully saturated rings. The lowest BCUT2D eigenvalue weighted by Gasteiger charge is -2.46. The van der Waals surface area contributed by atoms with Crippen LogP contribution in [0.25, 0.3) is 27.6 Å². The Hall–Kier alpha value is -3.79. The zero-order valence-electron chi connectivity index (χ0n) is 27.5. The first-order chi connectivity index (χ1) is 21.4. The van der Waals surface area contributed by atoms with Crippen LogP contribution in [-0.4, -0.2) is 31.6 Å². The van der Waals surface area contributed by atoms with Gasteiger partial charge < -0.3 is 14.5 Å². The van der Waals surface area contributed by atoms with E-state index in [-0.39, 0.29) is 5.41 Å². The molecule has 2 aliphatic heterocycles. The minimum absolute atomic E-state index is 0.337. The number of ether oxygens (including phenoxy) is 1. The summed E-state index contributed by atoms with van der Waals surface area (Å²) in [5.74, 6) is 0.852. The van der Waals surface area contributed by atoms with E-state index in [4.69, 9.17) is 9.73 Å². The molecule has 0 saturated carbocycles. The second-order valence-corrected chi connectivity index (χ2v) is 13.1. The van der Waals surface area contributed by atoms with Crippen molar-refractivity contribution >= 4 is 50.9 Å². The van der Waals surface area contributed by atoms with E-state index in [1.54, 1.807) is 0 Å². The Kier molecular flexibility index (Phi) is 8.46. The SMILES string of the molecule is C=Cc1cc(N(CC)CCCC)c2ccc3c(c2c1)N=CC1(O3)N(CCCCCCC)c2ccc3ccccc3c2C1(C)C. The van der Waals surface area contributed by atoms with Crippen molar-refractivity contribution in [3.8, 4) is 5.75 Å². The number of benzene rings is 4. The molecule has 1 unspecified atom stereocenters. The third-order valence-electron chi connectivity index (χ3n) is 10.0. The molecular formula is C40H49N3O. The monoisotopic (exact) mass is 587 g/mol. The van der Waals surface area contributed by atoms with Gasteiger partial charge in [-0.1, -0.05) is 88.9 Å². The van der Waals surface area contributed by atoms with Crippen LogP contribution in [0.3, 0.4) is 0 Å². The molecule has 1 spiro atoms. The fourth-order valence-electron chi connectivity index (χ4n) is 7.55. The van der Waals surface area contributed by atoms with Crippen LogP contribution >= 0.6 is 0 Å². The molecular weight excluding hydrogens is 538 g/mol. The van der Waals surface area contributed by atoms with Crippen LogP contribution < -0.4 is 14.5 Å². The Balaban J connectivity index is 1.48.